The molecule has 0 unspecified atom stereocenters. The summed E-state index contributed by atoms with van der Waals surface area (Å²) >= 11 is 1.20. The Morgan fingerprint density at radius 2 is 2.04 bits per heavy atom. The molecule has 0 saturated carbocycles. The molecular formula is C19H20N2O3S. The topological polar surface area (TPSA) is 60.3 Å². The van der Waals surface area contributed by atoms with Crippen LogP contribution in [0.4, 0.5) is 5.69 Å². The summed E-state index contributed by atoms with van der Waals surface area (Å²) in [5.74, 6) is 0.719. The lowest BCUT2D eigenvalue weighted by molar-refractivity contribution is -0.115. The number of benzene rings is 2. The van der Waals surface area contributed by atoms with Crippen LogP contribution in [0.5, 0.6) is 5.75 Å². The molecule has 0 fully saturated rings. The van der Waals surface area contributed by atoms with Crippen LogP contribution < -0.4 is 14.9 Å². The summed E-state index contributed by atoms with van der Waals surface area (Å²) in [5.41, 5.74) is 3.53. The fraction of sp³-hybridized carbons (Fsp3) is 0.263. The fourth-order valence-electron chi connectivity index (χ4n) is 2.88. The Kier molecular flexibility index (Phi) is 4.90. The molecule has 0 saturated heterocycles. The maximum atomic E-state index is 12.3. The molecule has 3 aromatic rings. The molecule has 0 radical (unpaired) electrons. The van der Waals surface area contributed by atoms with Gasteiger partial charge in [0, 0.05) is 12.2 Å². The van der Waals surface area contributed by atoms with Gasteiger partial charge in [0.15, 0.2) is 0 Å². The van der Waals surface area contributed by atoms with Crippen molar-refractivity contribution in [3.63, 3.8) is 0 Å². The molecule has 5 nitrogen and oxygen atoms in total. The van der Waals surface area contributed by atoms with Crippen LogP contribution in [-0.4, -0.2) is 17.6 Å². The molecule has 0 aliphatic carbocycles. The number of carbonyl (C=O) groups excluding carboxylic acids is 1. The minimum Gasteiger partial charge on any atom is -0.496 e. The lowest BCUT2D eigenvalue weighted by atomic mass is 10.1. The van der Waals surface area contributed by atoms with Crippen molar-refractivity contribution in [2.75, 3.05) is 12.4 Å². The Balaban J connectivity index is 1.75. The number of carbonyl (C=O) groups is 1. The van der Waals surface area contributed by atoms with E-state index < -0.39 is 0 Å². The van der Waals surface area contributed by atoms with Crippen molar-refractivity contribution in [3.05, 3.63) is 57.2 Å². The van der Waals surface area contributed by atoms with E-state index in [2.05, 4.69) is 5.32 Å². The van der Waals surface area contributed by atoms with E-state index in [4.69, 9.17) is 4.74 Å². The second-order valence-electron chi connectivity index (χ2n) is 5.82. The van der Waals surface area contributed by atoms with Crippen LogP contribution in [0.3, 0.4) is 0 Å². The van der Waals surface area contributed by atoms with E-state index in [0.29, 0.717) is 12.2 Å². The van der Waals surface area contributed by atoms with Crippen molar-refractivity contribution in [2.45, 2.75) is 26.8 Å². The number of ether oxygens (including phenoxy) is 1. The molecule has 0 aliphatic heterocycles. The van der Waals surface area contributed by atoms with Gasteiger partial charge in [-0.1, -0.05) is 23.5 Å². The van der Waals surface area contributed by atoms with Crippen LogP contribution in [0.25, 0.3) is 10.2 Å². The van der Waals surface area contributed by atoms with Crippen LogP contribution in [0, 0.1) is 6.92 Å². The standard InChI is InChI=1S/C19H20N2O3S/c1-4-21-15-7-6-14(11-17(15)25-19(21)23)20-18(22)10-13-5-8-16(24-3)12(2)9-13/h5-9,11H,4,10H2,1-3H3,(H,20,22). The zero-order valence-electron chi connectivity index (χ0n) is 14.5. The van der Waals surface area contributed by atoms with Gasteiger partial charge in [-0.25, -0.2) is 0 Å². The molecule has 3 rings (SSSR count). The highest BCUT2D eigenvalue weighted by Gasteiger charge is 2.10. The monoisotopic (exact) mass is 356 g/mol. The summed E-state index contributed by atoms with van der Waals surface area (Å²) < 4.78 is 7.84. The number of hydrogen-bond acceptors (Lipinski definition) is 4. The summed E-state index contributed by atoms with van der Waals surface area (Å²) in [6.45, 7) is 4.54. The minimum atomic E-state index is -0.0915. The first-order valence-electron chi connectivity index (χ1n) is 8.08. The smallest absolute Gasteiger partial charge is 0.308 e. The second kappa shape index (κ2) is 7.11. The fourth-order valence-corrected chi connectivity index (χ4v) is 3.88. The Hall–Kier alpha value is -2.60. The number of aromatic nitrogens is 1. The summed E-state index contributed by atoms with van der Waals surface area (Å²) in [6, 6.07) is 11.3. The third kappa shape index (κ3) is 3.58. The highest BCUT2D eigenvalue weighted by molar-refractivity contribution is 7.16. The number of hydrogen-bond donors (Lipinski definition) is 1. The van der Waals surface area contributed by atoms with E-state index in [1.165, 1.54) is 11.3 Å². The average Bonchev–Trinajstić information content (AvgIpc) is 2.89. The number of thiazole rings is 1. The number of methoxy groups -OCH3 is 1. The van der Waals surface area contributed by atoms with E-state index in [9.17, 15) is 9.59 Å². The molecule has 0 spiro atoms. The van der Waals surface area contributed by atoms with E-state index >= 15 is 0 Å². The predicted molar refractivity (Wildman–Crippen MR) is 102 cm³/mol. The number of anilines is 1. The Labute approximate surface area is 149 Å². The first-order valence-corrected chi connectivity index (χ1v) is 8.90. The van der Waals surface area contributed by atoms with E-state index in [0.717, 1.165) is 27.1 Å². The van der Waals surface area contributed by atoms with Gasteiger partial charge < -0.3 is 10.1 Å². The molecule has 0 aliphatic rings. The summed E-state index contributed by atoms with van der Waals surface area (Å²) in [4.78, 5) is 24.2. The largest absolute Gasteiger partial charge is 0.496 e. The normalized spacial score (nSPS) is 10.8. The Morgan fingerprint density at radius 3 is 2.72 bits per heavy atom. The summed E-state index contributed by atoms with van der Waals surface area (Å²) in [5, 5.41) is 2.90. The van der Waals surface area contributed by atoms with Gasteiger partial charge in [-0.3, -0.25) is 14.2 Å². The first-order chi connectivity index (χ1) is 12.0. The molecule has 25 heavy (non-hydrogen) atoms. The summed E-state index contributed by atoms with van der Waals surface area (Å²) in [6.07, 6.45) is 0.287. The lowest BCUT2D eigenvalue weighted by Gasteiger charge is -2.08. The molecule has 1 amide bonds. The SMILES string of the molecule is CCn1c(=O)sc2cc(NC(=O)Cc3ccc(OC)c(C)c3)ccc21. The zero-order valence-corrected chi connectivity index (χ0v) is 15.3. The van der Waals surface area contributed by atoms with Crippen LogP contribution in [0.1, 0.15) is 18.1 Å². The number of nitrogens with one attached hydrogen (secondary N) is 1. The number of aryl methyl sites for hydroxylation is 2. The van der Waals surface area contributed by atoms with Crippen molar-refractivity contribution in [3.8, 4) is 5.75 Å². The Bertz CT molecular complexity index is 988. The van der Waals surface area contributed by atoms with Crippen LogP contribution >= 0.6 is 11.3 Å². The van der Waals surface area contributed by atoms with Crippen LogP contribution in [0.2, 0.25) is 0 Å². The predicted octanol–water partition coefficient (Wildman–Crippen LogP) is 3.58. The number of fused-ring (bicyclic) bond motifs is 1. The average molecular weight is 356 g/mol. The third-order valence-corrected chi connectivity index (χ3v) is 5.03. The van der Waals surface area contributed by atoms with Crippen LogP contribution in [-0.2, 0) is 17.8 Å². The van der Waals surface area contributed by atoms with E-state index in [1.807, 2.05) is 50.2 Å². The van der Waals surface area contributed by atoms with Gasteiger partial charge in [-0.05, 0) is 49.2 Å². The molecule has 1 aromatic heterocycles. The molecule has 2 aromatic carbocycles. The maximum Gasteiger partial charge on any atom is 0.308 e. The van der Waals surface area contributed by atoms with Gasteiger partial charge in [-0.15, -0.1) is 0 Å². The molecule has 1 N–H and O–H groups in total. The van der Waals surface area contributed by atoms with E-state index in [1.54, 1.807) is 11.7 Å². The highest BCUT2D eigenvalue weighted by atomic mass is 32.1. The molecule has 0 atom stereocenters. The Morgan fingerprint density at radius 1 is 1.24 bits per heavy atom. The van der Waals surface area contributed by atoms with Gasteiger partial charge in [0.25, 0.3) is 0 Å². The number of rotatable bonds is 5. The molecule has 6 heteroatoms. The van der Waals surface area contributed by atoms with Crippen molar-refractivity contribution >= 4 is 33.1 Å². The highest BCUT2D eigenvalue weighted by Crippen LogP contribution is 2.22. The molecule has 0 bridgehead atoms. The molecule has 1 heterocycles. The van der Waals surface area contributed by atoms with Gasteiger partial charge in [0.1, 0.15) is 5.75 Å². The van der Waals surface area contributed by atoms with Gasteiger partial charge in [0.2, 0.25) is 5.91 Å². The molecule has 130 valence electrons. The summed E-state index contributed by atoms with van der Waals surface area (Å²) in [7, 11) is 1.63. The van der Waals surface area contributed by atoms with Crippen LogP contribution in [0.15, 0.2) is 41.2 Å². The van der Waals surface area contributed by atoms with Crippen molar-refractivity contribution in [2.24, 2.45) is 0 Å². The van der Waals surface area contributed by atoms with Crippen molar-refractivity contribution in [1.82, 2.24) is 4.57 Å². The van der Waals surface area contributed by atoms with Gasteiger partial charge in [-0.2, -0.15) is 0 Å². The van der Waals surface area contributed by atoms with Crippen molar-refractivity contribution in [1.29, 1.82) is 0 Å². The second-order valence-corrected chi connectivity index (χ2v) is 6.82. The maximum absolute atomic E-state index is 12.3. The third-order valence-electron chi connectivity index (χ3n) is 4.09. The lowest BCUT2D eigenvalue weighted by Crippen LogP contribution is -2.14. The molecular weight excluding hydrogens is 336 g/mol. The zero-order chi connectivity index (χ0) is 18.0. The number of amides is 1. The van der Waals surface area contributed by atoms with Gasteiger partial charge >= 0.3 is 4.87 Å². The minimum absolute atomic E-state index is 0.0229. The first kappa shape index (κ1) is 17.2. The van der Waals surface area contributed by atoms with E-state index in [-0.39, 0.29) is 17.2 Å². The van der Waals surface area contributed by atoms with Gasteiger partial charge in [0.05, 0.1) is 23.7 Å². The quantitative estimate of drug-likeness (QED) is 0.760. The number of nitrogens with zero attached hydrogens (tertiary/aromatic N) is 1. The van der Waals surface area contributed by atoms with Crippen molar-refractivity contribution < 1.29 is 9.53 Å².